The molecular formula is C11H12BrNO3. The molecule has 0 fully saturated rings. The Labute approximate surface area is 102 Å². The van der Waals surface area contributed by atoms with Crippen molar-refractivity contribution in [1.82, 2.24) is 4.90 Å². The number of hydrogen-bond acceptors (Lipinski definition) is 2. The largest absolute Gasteiger partial charge is 0.480 e. The van der Waals surface area contributed by atoms with Gasteiger partial charge in [0.25, 0.3) is 5.91 Å². The van der Waals surface area contributed by atoms with E-state index in [1.807, 2.05) is 6.07 Å². The molecule has 0 spiro atoms. The summed E-state index contributed by atoms with van der Waals surface area (Å²) in [6, 6.07) is 6.89. The molecule has 0 aliphatic heterocycles. The van der Waals surface area contributed by atoms with E-state index in [0.717, 1.165) is 4.47 Å². The van der Waals surface area contributed by atoms with Crippen molar-refractivity contribution < 1.29 is 14.7 Å². The second kappa shape index (κ2) is 5.65. The predicted octanol–water partition coefficient (Wildman–Crippen LogP) is 2.00. The molecule has 1 N–H and O–H groups in total. The Morgan fingerprint density at radius 2 is 2.12 bits per heavy atom. The number of benzene rings is 1. The van der Waals surface area contributed by atoms with E-state index in [-0.39, 0.29) is 12.5 Å². The third-order valence-electron chi connectivity index (χ3n) is 2.07. The van der Waals surface area contributed by atoms with Crippen molar-refractivity contribution >= 4 is 27.8 Å². The van der Waals surface area contributed by atoms with Crippen LogP contribution < -0.4 is 0 Å². The van der Waals surface area contributed by atoms with Crippen LogP contribution in [0.4, 0.5) is 0 Å². The lowest BCUT2D eigenvalue weighted by Gasteiger charge is -2.18. The molecule has 1 aromatic carbocycles. The van der Waals surface area contributed by atoms with Crippen LogP contribution in [0.1, 0.15) is 17.3 Å². The van der Waals surface area contributed by atoms with E-state index in [9.17, 15) is 9.59 Å². The van der Waals surface area contributed by atoms with E-state index in [1.165, 1.54) is 4.90 Å². The summed E-state index contributed by atoms with van der Waals surface area (Å²) < 4.78 is 0.796. The van der Waals surface area contributed by atoms with Crippen LogP contribution in [0.5, 0.6) is 0 Å². The van der Waals surface area contributed by atoms with Crippen LogP contribution in [0.2, 0.25) is 0 Å². The number of carboxylic acid groups (broad SMARTS) is 1. The van der Waals surface area contributed by atoms with Gasteiger partial charge in [0.2, 0.25) is 0 Å². The minimum atomic E-state index is -1.01. The molecule has 16 heavy (non-hydrogen) atoms. The molecule has 0 aromatic heterocycles. The molecule has 86 valence electrons. The summed E-state index contributed by atoms with van der Waals surface area (Å²) in [6.07, 6.45) is 0. The topological polar surface area (TPSA) is 57.6 Å². The minimum Gasteiger partial charge on any atom is -0.480 e. The highest BCUT2D eigenvalue weighted by atomic mass is 79.9. The normalized spacial score (nSPS) is 9.88. The number of nitrogens with zero attached hydrogens (tertiary/aromatic N) is 1. The second-order valence-electron chi connectivity index (χ2n) is 3.22. The van der Waals surface area contributed by atoms with Crippen molar-refractivity contribution in [2.45, 2.75) is 6.92 Å². The first-order valence-electron chi connectivity index (χ1n) is 4.81. The summed E-state index contributed by atoms with van der Waals surface area (Å²) in [5.74, 6) is -1.28. The van der Waals surface area contributed by atoms with Crippen LogP contribution in [0.15, 0.2) is 28.7 Å². The number of carbonyl (C=O) groups is 2. The Morgan fingerprint density at radius 1 is 1.44 bits per heavy atom. The number of hydrogen-bond donors (Lipinski definition) is 1. The summed E-state index contributed by atoms with van der Waals surface area (Å²) in [7, 11) is 0. The molecule has 0 bridgehead atoms. The van der Waals surface area contributed by atoms with E-state index in [4.69, 9.17) is 5.11 Å². The van der Waals surface area contributed by atoms with Gasteiger partial charge in [-0.25, -0.2) is 0 Å². The quantitative estimate of drug-likeness (QED) is 0.921. The monoisotopic (exact) mass is 285 g/mol. The first-order chi connectivity index (χ1) is 7.54. The zero-order chi connectivity index (χ0) is 12.1. The van der Waals surface area contributed by atoms with E-state index in [1.54, 1.807) is 25.1 Å². The molecular weight excluding hydrogens is 274 g/mol. The third kappa shape index (κ3) is 3.34. The molecule has 0 aliphatic rings. The molecule has 4 nitrogen and oxygen atoms in total. The SMILES string of the molecule is CCN(CC(=O)O)C(=O)c1cccc(Br)c1. The lowest BCUT2D eigenvalue weighted by molar-refractivity contribution is -0.137. The number of rotatable bonds is 4. The first-order valence-corrected chi connectivity index (χ1v) is 5.60. The Bertz CT molecular complexity index is 406. The number of amides is 1. The van der Waals surface area contributed by atoms with Gasteiger partial charge in [-0.2, -0.15) is 0 Å². The molecule has 0 heterocycles. The van der Waals surface area contributed by atoms with Gasteiger partial charge in [-0.3, -0.25) is 9.59 Å². The van der Waals surface area contributed by atoms with Crippen LogP contribution in [-0.2, 0) is 4.79 Å². The van der Waals surface area contributed by atoms with Crippen molar-refractivity contribution in [3.63, 3.8) is 0 Å². The summed E-state index contributed by atoms with van der Waals surface area (Å²) in [6.45, 7) is 1.85. The molecule has 0 unspecified atom stereocenters. The van der Waals surface area contributed by atoms with Crippen molar-refractivity contribution in [2.24, 2.45) is 0 Å². The maximum absolute atomic E-state index is 11.9. The third-order valence-corrected chi connectivity index (χ3v) is 2.56. The van der Waals surface area contributed by atoms with E-state index in [2.05, 4.69) is 15.9 Å². The van der Waals surface area contributed by atoms with Gasteiger partial charge >= 0.3 is 5.97 Å². The van der Waals surface area contributed by atoms with Crippen molar-refractivity contribution in [3.05, 3.63) is 34.3 Å². The minimum absolute atomic E-state index is 0.272. The summed E-state index contributed by atoms with van der Waals surface area (Å²) in [5.41, 5.74) is 0.484. The lowest BCUT2D eigenvalue weighted by atomic mass is 10.2. The van der Waals surface area contributed by atoms with Gasteiger partial charge in [-0.05, 0) is 25.1 Å². The van der Waals surface area contributed by atoms with Crippen LogP contribution >= 0.6 is 15.9 Å². The van der Waals surface area contributed by atoms with Crippen molar-refractivity contribution in [2.75, 3.05) is 13.1 Å². The van der Waals surface area contributed by atoms with Crippen LogP contribution in [0, 0.1) is 0 Å². The average Bonchev–Trinajstić information content (AvgIpc) is 2.24. The maximum Gasteiger partial charge on any atom is 0.323 e. The zero-order valence-electron chi connectivity index (χ0n) is 8.81. The zero-order valence-corrected chi connectivity index (χ0v) is 10.4. The second-order valence-corrected chi connectivity index (χ2v) is 4.14. The molecule has 1 amide bonds. The Hall–Kier alpha value is -1.36. The van der Waals surface area contributed by atoms with Crippen LogP contribution in [0.3, 0.4) is 0 Å². The molecule has 0 aliphatic carbocycles. The van der Waals surface area contributed by atoms with Gasteiger partial charge < -0.3 is 10.0 Å². The highest BCUT2D eigenvalue weighted by Crippen LogP contribution is 2.13. The standard InChI is InChI=1S/C11H12BrNO3/c1-2-13(7-10(14)15)11(16)8-4-3-5-9(12)6-8/h3-6H,2,7H2,1H3,(H,14,15). The van der Waals surface area contributed by atoms with Crippen molar-refractivity contribution in [1.29, 1.82) is 0 Å². The maximum atomic E-state index is 11.9. The Morgan fingerprint density at radius 3 is 2.62 bits per heavy atom. The average molecular weight is 286 g/mol. The molecule has 0 atom stereocenters. The Balaban J connectivity index is 2.86. The van der Waals surface area contributed by atoms with E-state index >= 15 is 0 Å². The van der Waals surface area contributed by atoms with Crippen LogP contribution in [-0.4, -0.2) is 35.0 Å². The van der Waals surface area contributed by atoms with Gasteiger partial charge in [0, 0.05) is 16.6 Å². The predicted molar refractivity (Wildman–Crippen MR) is 63.4 cm³/mol. The highest BCUT2D eigenvalue weighted by molar-refractivity contribution is 9.10. The summed E-state index contributed by atoms with van der Waals surface area (Å²) >= 11 is 3.27. The number of carbonyl (C=O) groups excluding carboxylic acids is 1. The lowest BCUT2D eigenvalue weighted by Crippen LogP contribution is -2.35. The van der Waals surface area contributed by atoms with Gasteiger partial charge in [0.15, 0.2) is 0 Å². The Kier molecular flexibility index (Phi) is 4.49. The molecule has 1 aromatic rings. The van der Waals surface area contributed by atoms with E-state index < -0.39 is 5.97 Å². The number of aliphatic carboxylic acids is 1. The number of likely N-dealkylation sites (N-methyl/N-ethyl adjacent to an activating group) is 1. The molecule has 0 saturated carbocycles. The fourth-order valence-electron chi connectivity index (χ4n) is 1.29. The molecule has 0 radical (unpaired) electrons. The fraction of sp³-hybridized carbons (Fsp3) is 0.273. The molecule has 0 saturated heterocycles. The van der Waals surface area contributed by atoms with Gasteiger partial charge in [0.1, 0.15) is 6.54 Å². The number of carboxylic acids is 1. The smallest absolute Gasteiger partial charge is 0.323 e. The van der Waals surface area contributed by atoms with Gasteiger partial charge in [-0.15, -0.1) is 0 Å². The van der Waals surface area contributed by atoms with E-state index in [0.29, 0.717) is 12.1 Å². The number of halogens is 1. The fourth-order valence-corrected chi connectivity index (χ4v) is 1.69. The summed E-state index contributed by atoms with van der Waals surface area (Å²) in [5, 5.41) is 8.66. The first kappa shape index (κ1) is 12.7. The van der Waals surface area contributed by atoms with Crippen molar-refractivity contribution in [3.8, 4) is 0 Å². The van der Waals surface area contributed by atoms with Gasteiger partial charge in [-0.1, -0.05) is 22.0 Å². The summed E-state index contributed by atoms with van der Waals surface area (Å²) in [4.78, 5) is 23.8. The van der Waals surface area contributed by atoms with Crippen LogP contribution in [0.25, 0.3) is 0 Å². The van der Waals surface area contributed by atoms with Gasteiger partial charge in [0.05, 0.1) is 0 Å². The highest BCUT2D eigenvalue weighted by Gasteiger charge is 2.16. The molecule has 1 rings (SSSR count). The molecule has 5 heteroatoms.